The van der Waals surface area contributed by atoms with Crippen molar-refractivity contribution in [2.45, 2.75) is 39.2 Å². The van der Waals surface area contributed by atoms with Crippen molar-refractivity contribution in [2.75, 3.05) is 13.2 Å². The lowest BCUT2D eigenvalue weighted by molar-refractivity contribution is -0.121. The summed E-state index contributed by atoms with van der Waals surface area (Å²) in [6, 6.07) is 3.87. The Kier molecular flexibility index (Phi) is 6.54. The zero-order chi connectivity index (χ0) is 15.8. The van der Waals surface area contributed by atoms with Crippen LogP contribution in [0.5, 0.6) is 0 Å². The molecule has 0 radical (unpaired) electrons. The number of aryl methyl sites for hydroxylation is 1. The third kappa shape index (κ3) is 5.57. The van der Waals surface area contributed by atoms with Gasteiger partial charge in [0.15, 0.2) is 0 Å². The molecule has 2 aromatic rings. The Bertz CT molecular complexity index is 566. The summed E-state index contributed by atoms with van der Waals surface area (Å²) in [4.78, 5) is 17.0. The van der Waals surface area contributed by atoms with Crippen LogP contribution in [0.1, 0.15) is 32.6 Å². The average Bonchev–Trinajstić information content (AvgIpc) is 3.15. The van der Waals surface area contributed by atoms with Crippen molar-refractivity contribution in [2.24, 2.45) is 0 Å². The van der Waals surface area contributed by atoms with Crippen LogP contribution in [0.15, 0.2) is 22.0 Å². The van der Waals surface area contributed by atoms with Gasteiger partial charge in [-0.3, -0.25) is 4.79 Å². The highest BCUT2D eigenvalue weighted by Crippen LogP contribution is 2.21. The Morgan fingerprint density at radius 1 is 1.50 bits per heavy atom. The first-order valence-electron chi connectivity index (χ1n) is 7.40. The van der Waals surface area contributed by atoms with Gasteiger partial charge in [0.05, 0.1) is 11.0 Å². The summed E-state index contributed by atoms with van der Waals surface area (Å²) in [5.74, 6) is 1.05. The van der Waals surface area contributed by atoms with Gasteiger partial charge in [-0.1, -0.05) is 11.2 Å². The number of amides is 1. The number of hydrogen-bond donors (Lipinski definition) is 1. The number of rotatable bonds is 9. The molecular weight excluding hydrogens is 302 g/mol. The SMILES string of the molecule is CC(C)OCCCNC(=O)CCc1nc(-c2cccs2)no1. The van der Waals surface area contributed by atoms with Gasteiger partial charge >= 0.3 is 0 Å². The van der Waals surface area contributed by atoms with Crippen LogP contribution in [0.25, 0.3) is 10.7 Å². The number of nitrogens with one attached hydrogen (secondary N) is 1. The highest BCUT2D eigenvalue weighted by atomic mass is 32.1. The molecule has 7 heteroatoms. The van der Waals surface area contributed by atoms with E-state index in [0.717, 1.165) is 11.3 Å². The molecule has 2 heterocycles. The van der Waals surface area contributed by atoms with E-state index < -0.39 is 0 Å². The predicted octanol–water partition coefficient (Wildman–Crippen LogP) is 2.66. The Morgan fingerprint density at radius 2 is 2.36 bits per heavy atom. The van der Waals surface area contributed by atoms with Crippen LogP contribution in [0.4, 0.5) is 0 Å². The van der Waals surface area contributed by atoms with Crippen LogP contribution in [0.2, 0.25) is 0 Å². The van der Waals surface area contributed by atoms with E-state index in [1.165, 1.54) is 0 Å². The molecule has 120 valence electrons. The topological polar surface area (TPSA) is 77.2 Å². The minimum atomic E-state index is -0.0135. The maximum atomic E-state index is 11.7. The maximum Gasteiger partial charge on any atom is 0.227 e. The Morgan fingerprint density at radius 3 is 3.09 bits per heavy atom. The lowest BCUT2D eigenvalue weighted by Crippen LogP contribution is -2.25. The summed E-state index contributed by atoms with van der Waals surface area (Å²) >= 11 is 1.56. The van der Waals surface area contributed by atoms with Crippen LogP contribution < -0.4 is 5.32 Å². The summed E-state index contributed by atoms with van der Waals surface area (Å²) in [5.41, 5.74) is 0. The second kappa shape index (κ2) is 8.65. The molecule has 0 atom stereocenters. The van der Waals surface area contributed by atoms with Gasteiger partial charge in [-0.2, -0.15) is 4.98 Å². The van der Waals surface area contributed by atoms with E-state index in [2.05, 4.69) is 15.5 Å². The monoisotopic (exact) mass is 323 g/mol. The Labute approximate surface area is 133 Å². The molecule has 0 unspecified atom stereocenters. The van der Waals surface area contributed by atoms with E-state index in [9.17, 15) is 4.79 Å². The van der Waals surface area contributed by atoms with E-state index in [1.807, 2.05) is 31.4 Å². The summed E-state index contributed by atoms with van der Waals surface area (Å²) in [5, 5.41) is 8.73. The zero-order valence-electron chi connectivity index (χ0n) is 12.9. The number of carbonyl (C=O) groups excluding carboxylic acids is 1. The van der Waals surface area contributed by atoms with E-state index >= 15 is 0 Å². The van der Waals surface area contributed by atoms with E-state index in [-0.39, 0.29) is 12.0 Å². The van der Waals surface area contributed by atoms with Crippen molar-refractivity contribution < 1.29 is 14.1 Å². The van der Waals surface area contributed by atoms with Gasteiger partial charge in [0, 0.05) is 26.0 Å². The molecule has 0 bridgehead atoms. The smallest absolute Gasteiger partial charge is 0.227 e. The third-order valence-corrected chi connectivity index (χ3v) is 3.74. The molecule has 0 spiro atoms. The highest BCUT2D eigenvalue weighted by molar-refractivity contribution is 7.13. The van der Waals surface area contributed by atoms with Crippen molar-refractivity contribution in [3.63, 3.8) is 0 Å². The first-order chi connectivity index (χ1) is 10.6. The average molecular weight is 323 g/mol. The molecule has 0 saturated heterocycles. The summed E-state index contributed by atoms with van der Waals surface area (Å²) in [6.07, 6.45) is 1.84. The van der Waals surface area contributed by atoms with Crippen molar-refractivity contribution in [1.82, 2.24) is 15.5 Å². The van der Waals surface area contributed by atoms with Gasteiger partial charge in [0.25, 0.3) is 0 Å². The molecule has 2 rings (SSSR count). The number of thiophene rings is 1. The van der Waals surface area contributed by atoms with Gasteiger partial charge in [-0.05, 0) is 31.7 Å². The largest absolute Gasteiger partial charge is 0.379 e. The molecule has 1 N–H and O–H groups in total. The van der Waals surface area contributed by atoms with Crippen molar-refractivity contribution in [3.8, 4) is 10.7 Å². The van der Waals surface area contributed by atoms with Crippen molar-refractivity contribution in [3.05, 3.63) is 23.4 Å². The number of ether oxygens (including phenoxy) is 1. The van der Waals surface area contributed by atoms with E-state index in [0.29, 0.717) is 37.7 Å². The molecule has 6 nitrogen and oxygen atoms in total. The quantitative estimate of drug-likeness (QED) is 0.718. The predicted molar refractivity (Wildman–Crippen MR) is 84.6 cm³/mol. The van der Waals surface area contributed by atoms with Crippen LogP contribution in [0, 0.1) is 0 Å². The lowest BCUT2D eigenvalue weighted by atomic mass is 10.3. The van der Waals surface area contributed by atoms with Crippen LogP contribution in [0.3, 0.4) is 0 Å². The van der Waals surface area contributed by atoms with Gasteiger partial charge < -0.3 is 14.6 Å². The molecule has 0 aliphatic heterocycles. The molecular formula is C15H21N3O3S. The fourth-order valence-electron chi connectivity index (χ4n) is 1.79. The van der Waals surface area contributed by atoms with Crippen LogP contribution in [-0.4, -0.2) is 35.3 Å². The fraction of sp³-hybridized carbons (Fsp3) is 0.533. The van der Waals surface area contributed by atoms with Gasteiger partial charge in [0.1, 0.15) is 0 Å². The van der Waals surface area contributed by atoms with Crippen molar-refractivity contribution >= 4 is 17.2 Å². The van der Waals surface area contributed by atoms with Crippen LogP contribution >= 0.6 is 11.3 Å². The Hall–Kier alpha value is -1.73. The molecule has 0 aliphatic rings. The van der Waals surface area contributed by atoms with Gasteiger partial charge in [-0.15, -0.1) is 11.3 Å². The summed E-state index contributed by atoms with van der Waals surface area (Å²) in [7, 11) is 0. The highest BCUT2D eigenvalue weighted by Gasteiger charge is 2.11. The fourth-order valence-corrected chi connectivity index (χ4v) is 2.44. The van der Waals surface area contributed by atoms with E-state index in [4.69, 9.17) is 9.26 Å². The van der Waals surface area contributed by atoms with Crippen LogP contribution in [-0.2, 0) is 16.0 Å². The maximum absolute atomic E-state index is 11.7. The Balaban J connectivity index is 1.64. The van der Waals surface area contributed by atoms with E-state index in [1.54, 1.807) is 11.3 Å². The number of carbonyl (C=O) groups is 1. The first-order valence-corrected chi connectivity index (χ1v) is 8.28. The molecule has 0 aromatic carbocycles. The normalized spacial score (nSPS) is 11.0. The molecule has 0 saturated carbocycles. The molecule has 22 heavy (non-hydrogen) atoms. The minimum Gasteiger partial charge on any atom is -0.379 e. The second-order valence-corrected chi connectivity index (χ2v) is 6.06. The minimum absolute atomic E-state index is 0.0135. The van der Waals surface area contributed by atoms with Gasteiger partial charge in [0.2, 0.25) is 17.6 Å². The third-order valence-electron chi connectivity index (χ3n) is 2.87. The van der Waals surface area contributed by atoms with Crippen molar-refractivity contribution in [1.29, 1.82) is 0 Å². The number of nitrogens with zero attached hydrogens (tertiary/aromatic N) is 2. The number of hydrogen-bond acceptors (Lipinski definition) is 6. The molecule has 0 aliphatic carbocycles. The molecule has 0 fully saturated rings. The first kappa shape index (κ1) is 16.6. The standard InChI is InChI=1S/C15H21N3O3S/c1-11(2)20-9-4-8-16-13(19)6-7-14-17-15(18-21-14)12-5-3-10-22-12/h3,5,10-11H,4,6-9H2,1-2H3,(H,16,19). The number of aromatic nitrogens is 2. The zero-order valence-corrected chi connectivity index (χ0v) is 13.7. The second-order valence-electron chi connectivity index (χ2n) is 5.11. The molecule has 2 aromatic heterocycles. The van der Waals surface area contributed by atoms with Gasteiger partial charge in [-0.25, -0.2) is 0 Å². The summed E-state index contributed by atoms with van der Waals surface area (Å²) < 4.78 is 10.6. The molecule has 1 amide bonds. The lowest BCUT2D eigenvalue weighted by Gasteiger charge is -2.07. The summed E-state index contributed by atoms with van der Waals surface area (Å²) in [6.45, 7) is 5.27.